The molecule has 1 saturated heterocycles. The molecule has 1 fully saturated rings. The third-order valence-electron chi connectivity index (χ3n) is 4.02. The Labute approximate surface area is 158 Å². The molecule has 2 aromatic rings. The topological polar surface area (TPSA) is 71.5 Å². The number of benzene rings is 1. The van der Waals surface area contributed by atoms with Crippen LogP contribution in [0, 0.1) is 5.92 Å². The number of likely N-dealkylation sites (tertiary alicyclic amines) is 1. The third kappa shape index (κ3) is 4.45. The Hall–Kier alpha value is -1.77. The molecule has 1 aliphatic heterocycles. The van der Waals surface area contributed by atoms with Gasteiger partial charge in [0.25, 0.3) is 0 Å². The number of halogens is 1. The van der Waals surface area contributed by atoms with Gasteiger partial charge in [-0.05, 0) is 12.1 Å². The van der Waals surface area contributed by atoms with Crippen molar-refractivity contribution < 1.29 is 14.3 Å². The maximum absolute atomic E-state index is 12.4. The first-order valence-corrected chi connectivity index (χ1v) is 9.53. The summed E-state index contributed by atoms with van der Waals surface area (Å²) in [6.07, 6.45) is 0.237. The Morgan fingerprint density at radius 2 is 2.20 bits per heavy atom. The molecule has 1 unspecified atom stereocenters. The molecule has 1 N–H and O–H groups in total. The second kappa shape index (κ2) is 8.07. The van der Waals surface area contributed by atoms with E-state index in [1.54, 1.807) is 12.0 Å². The number of carbonyl (C=O) groups is 2. The van der Waals surface area contributed by atoms with E-state index in [4.69, 9.17) is 4.74 Å². The van der Waals surface area contributed by atoms with Crippen LogP contribution in [0.1, 0.15) is 6.42 Å². The summed E-state index contributed by atoms with van der Waals surface area (Å²) in [6, 6.07) is 7.83. The van der Waals surface area contributed by atoms with E-state index in [9.17, 15) is 9.59 Å². The molecule has 0 spiro atoms. The molecular weight excluding hydrogens is 406 g/mol. The minimum Gasteiger partial charge on any atom is -0.383 e. The Morgan fingerprint density at radius 3 is 2.92 bits per heavy atom. The van der Waals surface area contributed by atoms with Crippen LogP contribution in [0.5, 0.6) is 0 Å². The summed E-state index contributed by atoms with van der Waals surface area (Å²) in [7, 11) is 1.59. The third-order valence-corrected chi connectivity index (χ3v) is 5.31. The maximum atomic E-state index is 12.4. The van der Waals surface area contributed by atoms with Crippen molar-refractivity contribution in [2.75, 3.05) is 32.1 Å². The lowest BCUT2D eigenvalue weighted by atomic mass is 10.1. The summed E-state index contributed by atoms with van der Waals surface area (Å²) >= 11 is 4.78. The van der Waals surface area contributed by atoms with E-state index in [0.717, 1.165) is 15.7 Å². The molecule has 0 aliphatic carbocycles. The van der Waals surface area contributed by atoms with E-state index in [2.05, 4.69) is 26.2 Å². The van der Waals surface area contributed by atoms with Gasteiger partial charge in [0.1, 0.15) is 0 Å². The van der Waals surface area contributed by atoms with E-state index < -0.39 is 0 Å². The average molecular weight is 424 g/mol. The highest BCUT2D eigenvalue weighted by molar-refractivity contribution is 9.10. The fraction of sp³-hybridized carbons (Fsp3) is 0.353. The van der Waals surface area contributed by atoms with Crippen LogP contribution in [0.25, 0.3) is 11.3 Å². The van der Waals surface area contributed by atoms with Gasteiger partial charge in [0, 0.05) is 42.0 Å². The van der Waals surface area contributed by atoms with Gasteiger partial charge >= 0.3 is 0 Å². The number of rotatable bonds is 6. The van der Waals surface area contributed by atoms with Gasteiger partial charge in [0.05, 0.1) is 18.2 Å². The number of methoxy groups -OCH3 is 1. The molecule has 1 atom stereocenters. The van der Waals surface area contributed by atoms with Crippen LogP contribution in [0.2, 0.25) is 0 Å². The lowest BCUT2D eigenvalue weighted by Gasteiger charge is -2.15. The van der Waals surface area contributed by atoms with E-state index in [1.165, 1.54) is 11.3 Å². The van der Waals surface area contributed by atoms with Crippen molar-refractivity contribution in [2.45, 2.75) is 6.42 Å². The second-order valence-corrected chi connectivity index (χ2v) is 7.54. The Kier molecular flexibility index (Phi) is 5.82. The standard InChI is InChI=1S/C17H18BrN3O3S/c1-24-7-6-21-9-12(8-15(21)22)16(23)20-17-19-14(10-25-17)11-2-4-13(18)5-3-11/h2-5,10,12H,6-9H2,1H3,(H,19,20,23). The fourth-order valence-electron chi connectivity index (χ4n) is 2.66. The Balaban J connectivity index is 1.60. The minimum absolute atomic E-state index is 0.00751. The van der Waals surface area contributed by atoms with Gasteiger partial charge in [0.15, 0.2) is 5.13 Å². The number of nitrogens with zero attached hydrogens (tertiary/aromatic N) is 2. The first-order valence-electron chi connectivity index (χ1n) is 7.86. The highest BCUT2D eigenvalue weighted by Crippen LogP contribution is 2.27. The zero-order valence-electron chi connectivity index (χ0n) is 13.7. The molecule has 1 aliphatic rings. The summed E-state index contributed by atoms with van der Waals surface area (Å²) in [5.74, 6) is -0.513. The molecule has 2 amide bonds. The fourth-order valence-corrected chi connectivity index (χ4v) is 3.64. The zero-order chi connectivity index (χ0) is 17.8. The van der Waals surface area contributed by atoms with Crippen LogP contribution in [-0.4, -0.2) is 48.5 Å². The summed E-state index contributed by atoms with van der Waals surface area (Å²) in [5, 5.41) is 5.28. The van der Waals surface area contributed by atoms with E-state index >= 15 is 0 Å². The number of aromatic nitrogens is 1. The summed E-state index contributed by atoms with van der Waals surface area (Å²) in [6.45, 7) is 1.42. The lowest BCUT2D eigenvalue weighted by molar-refractivity contribution is -0.128. The van der Waals surface area contributed by atoms with Crippen molar-refractivity contribution in [1.29, 1.82) is 0 Å². The maximum Gasteiger partial charge on any atom is 0.231 e. The molecule has 3 rings (SSSR count). The summed E-state index contributed by atoms with van der Waals surface area (Å²) < 4.78 is 5.99. The van der Waals surface area contributed by atoms with Gasteiger partial charge in [0.2, 0.25) is 11.8 Å². The second-order valence-electron chi connectivity index (χ2n) is 5.77. The average Bonchev–Trinajstić information content (AvgIpc) is 3.20. The number of amides is 2. The van der Waals surface area contributed by atoms with Gasteiger partial charge < -0.3 is 15.0 Å². The van der Waals surface area contributed by atoms with Crippen molar-refractivity contribution >= 4 is 44.2 Å². The Morgan fingerprint density at radius 1 is 1.44 bits per heavy atom. The van der Waals surface area contributed by atoms with E-state index in [1.807, 2.05) is 29.6 Å². The van der Waals surface area contributed by atoms with Gasteiger partial charge in [-0.15, -0.1) is 11.3 Å². The van der Waals surface area contributed by atoms with Crippen LogP contribution < -0.4 is 5.32 Å². The SMILES string of the molecule is COCCN1CC(C(=O)Nc2nc(-c3ccc(Br)cc3)cs2)CC1=O. The van der Waals surface area contributed by atoms with Gasteiger partial charge in [-0.1, -0.05) is 28.1 Å². The van der Waals surface area contributed by atoms with Crippen LogP contribution >= 0.6 is 27.3 Å². The number of nitrogens with one attached hydrogen (secondary N) is 1. The molecule has 0 radical (unpaired) electrons. The quantitative estimate of drug-likeness (QED) is 0.774. The molecule has 8 heteroatoms. The van der Waals surface area contributed by atoms with Crippen molar-refractivity contribution in [1.82, 2.24) is 9.88 Å². The predicted octanol–water partition coefficient (Wildman–Crippen LogP) is 3.01. The zero-order valence-corrected chi connectivity index (χ0v) is 16.1. The van der Waals surface area contributed by atoms with Gasteiger partial charge in [-0.2, -0.15) is 0 Å². The largest absolute Gasteiger partial charge is 0.383 e. The highest BCUT2D eigenvalue weighted by Gasteiger charge is 2.34. The monoisotopic (exact) mass is 423 g/mol. The van der Waals surface area contributed by atoms with E-state index in [0.29, 0.717) is 24.8 Å². The molecule has 0 bridgehead atoms. The number of hydrogen-bond acceptors (Lipinski definition) is 5. The molecule has 1 aromatic heterocycles. The van der Waals surface area contributed by atoms with Crippen LogP contribution in [0.3, 0.4) is 0 Å². The van der Waals surface area contributed by atoms with Crippen LogP contribution in [0.15, 0.2) is 34.1 Å². The number of thiazole rings is 1. The van der Waals surface area contributed by atoms with Crippen molar-refractivity contribution in [2.24, 2.45) is 5.92 Å². The number of hydrogen-bond donors (Lipinski definition) is 1. The van der Waals surface area contributed by atoms with E-state index in [-0.39, 0.29) is 24.2 Å². The summed E-state index contributed by atoms with van der Waals surface area (Å²) in [5.41, 5.74) is 1.80. The van der Waals surface area contributed by atoms with Crippen LogP contribution in [0.4, 0.5) is 5.13 Å². The first-order chi connectivity index (χ1) is 12.1. The van der Waals surface area contributed by atoms with Gasteiger partial charge in [-0.3, -0.25) is 9.59 Å². The molecule has 0 saturated carbocycles. The molecular formula is C17H18BrN3O3S. The number of carbonyl (C=O) groups excluding carboxylic acids is 2. The highest BCUT2D eigenvalue weighted by atomic mass is 79.9. The minimum atomic E-state index is -0.343. The van der Waals surface area contributed by atoms with Crippen molar-refractivity contribution in [3.63, 3.8) is 0 Å². The van der Waals surface area contributed by atoms with Crippen LogP contribution in [-0.2, 0) is 14.3 Å². The van der Waals surface area contributed by atoms with Crippen molar-refractivity contribution in [3.8, 4) is 11.3 Å². The molecule has 25 heavy (non-hydrogen) atoms. The normalized spacial score (nSPS) is 17.1. The van der Waals surface area contributed by atoms with Gasteiger partial charge in [-0.25, -0.2) is 4.98 Å². The smallest absolute Gasteiger partial charge is 0.231 e. The number of ether oxygens (including phenoxy) is 1. The molecule has 6 nitrogen and oxygen atoms in total. The van der Waals surface area contributed by atoms with Crippen molar-refractivity contribution in [3.05, 3.63) is 34.1 Å². The molecule has 132 valence electrons. The Bertz CT molecular complexity index is 763. The molecule has 1 aromatic carbocycles. The number of anilines is 1. The predicted molar refractivity (Wildman–Crippen MR) is 100 cm³/mol. The molecule has 2 heterocycles. The lowest BCUT2D eigenvalue weighted by Crippen LogP contribution is -2.30. The summed E-state index contributed by atoms with van der Waals surface area (Å²) in [4.78, 5) is 30.5. The first kappa shape index (κ1) is 18.0.